The molecule has 24 heavy (non-hydrogen) atoms. The van der Waals surface area contributed by atoms with Gasteiger partial charge in [0.15, 0.2) is 0 Å². The number of carbonyl (C=O) groups excluding carboxylic acids is 1. The topological polar surface area (TPSA) is 41.6 Å². The molecule has 2 aliphatic rings. The third-order valence-electron chi connectivity index (χ3n) is 5.55. The molecule has 1 fully saturated rings. The molecular formula is C20H30N2O2. The van der Waals surface area contributed by atoms with Crippen molar-refractivity contribution >= 4 is 11.7 Å². The Hall–Kier alpha value is -1.55. The Bertz CT molecular complexity index is 565. The van der Waals surface area contributed by atoms with E-state index in [0.717, 1.165) is 51.7 Å². The second kappa shape index (κ2) is 8.02. The number of benzene rings is 1. The molecule has 3 rings (SSSR count). The highest BCUT2D eigenvalue weighted by Gasteiger charge is 2.30. The fraction of sp³-hybridized carbons (Fsp3) is 0.650. The van der Waals surface area contributed by atoms with Gasteiger partial charge in [-0.1, -0.05) is 25.1 Å². The van der Waals surface area contributed by atoms with Crippen molar-refractivity contribution in [3.63, 3.8) is 0 Å². The molecule has 0 amide bonds. The van der Waals surface area contributed by atoms with E-state index in [4.69, 9.17) is 4.74 Å². The van der Waals surface area contributed by atoms with Gasteiger partial charge in [-0.25, -0.2) is 0 Å². The minimum Gasteiger partial charge on any atom is -0.466 e. The largest absolute Gasteiger partial charge is 0.466 e. The summed E-state index contributed by atoms with van der Waals surface area (Å²) in [5, 5.41) is 3.55. The van der Waals surface area contributed by atoms with Crippen molar-refractivity contribution in [1.82, 2.24) is 4.90 Å². The Morgan fingerprint density at radius 3 is 2.75 bits per heavy atom. The minimum absolute atomic E-state index is 0.00378. The van der Waals surface area contributed by atoms with E-state index in [9.17, 15) is 4.79 Å². The van der Waals surface area contributed by atoms with Crippen LogP contribution < -0.4 is 5.32 Å². The second-order valence-electron chi connectivity index (χ2n) is 6.95. The Balaban J connectivity index is 1.60. The number of rotatable bonds is 6. The predicted octanol–water partition coefficient (Wildman–Crippen LogP) is 3.60. The van der Waals surface area contributed by atoms with Gasteiger partial charge < -0.3 is 10.1 Å². The first-order chi connectivity index (χ1) is 11.7. The number of nitrogens with one attached hydrogen (secondary N) is 1. The Morgan fingerprint density at radius 2 is 2.04 bits per heavy atom. The van der Waals surface area contributed by atoms with Crippen LogP contribution in [0.3, 0.4) is 0 Å². The number of hydrogen-bond acceptors (Lipinski definition) is 4. The number of para-hydroxylation sites is 1. The van der Waals surface area contributed by atoms with Gasteiger partial charge in [-0.3, -0.25) is 9.69 Å². The van der Waals surface area contributed by atoms with Crippen molar-refractivity contribution in [2.45, 2.75) is 58.5 Å². The van der Waals surface area contributed by atoms with E-state index in [1.165, 1.54) is 16.8 Å². The van der Waals surface area contributed by atoms with Gasteiger partial charge in [0, 0.05) is 24.8 Å². The molecular weight excluding hydrogens is 300 g/mol. The smallest absolute Gasteiger partial charge is 0.308 e. The second-order valence-corrected chi connectivity index (χ2v) is 6.95. The van der Waals surface area contributed by atoms with Crippen LogP contribution >= 0.6 is 0 Å². The molecule has 1 aromatic rings. The first-order valence-electron chi connectivity index (χ1n) is 9.48. The molecule has 0 spiro atoms. The van der Waals surface area contributed by atoms with Gasteiger partial charge >= 0.3 is 5.97 Å². The first-order valence-corrected chi connectivity index (χ1v) is 9.48. The zero-order valence-electron chi connectivity index (χ0n) is 15.0. The molecule has 1 aliphatic carbocycles. The lowest BCUT2D eigenvalue weighted by Gasteiger charge is -2.36. The van der Waals surface area contributed by atoms with Crippen LogP contribution in [-0.2, 0) is 22.5 Å². The molecule has 0 aromatic heterocycles. The van der Waals surface area contributed by atoms with Crippen molar-refractivity contribution in [1.29, 1.82) is 0 Å². The molecule has 0 saturated heterocycles. The van der Waals surface area contributed by atoms with E-state index in [1.54, 1.807) is 0 Å². The summed E-state index contributed by atoms with van der Waals surface area (Å²) >= 11 is 0. The van der Waals surface area contributed by atoms with Crippen molar-refractivity contribution in [3.05, 3.63) is 29.3 Å². The van der Waals surface area contributed by atoms with E-state index in [1.807, 2.05) is 6.92 Å². The van der Waals surface area contributed by atoms with Crippen molar-refractivity contribution < 1.29 is 9.53 Å². The first kappa shape index (κ1) is 17.3. The summed E-state index contributed by atoms with van der Waals surface area (Å²) in [6.45, 7) is 7.73. The molecule has 4 nitrogen and oxygen atoms in total. The summed E-state index contributed by atoms with van der Waals surface area (Å²) in [7, 11) is 0. The van der Waals surface area contributed by atoms with Crippen LogP contribution in [0.5, 0.6) is 0 Å². The van der Waals surface area contributed by atoms with Crippen LogP contribution in [-0.4, -0.2) is 36.6 Å². The van der Waals surface area contributed by atoms with E-state index in [-0.39, 0.29) is 11.9 Å². The van der Waals surface area contributed by atoms with Gasteiger partial charge in [-0.15, -0.1) is 0 Å². The average molecular weight is 330 g/mol. The molecule has 1 heterocycles. The Morgan fingerprint density at radius 1 is 1.25 bits per heavy atom. The maximum absolute atomic E-state index is 11.9. The maximum atomic E-state index is 11.9. The minimum atomic E-state index is 0.00378. The van der Waals surface area contributed by atoms with Gasteiger partial charge in [-0.2, -0.15) is 0 Å². The predicted molar refractivity (Wildman–Crippen MR) is 97.1 cm³/mol. The third-order valence-corrected chi connectivity index (χ3v) is 5.55. The average Bonchev–Trinajstić information content (AvgIpc) is 3.09. The highest BCUT2D eigenvalue weighted by molar-refractivity contribution is 5.72. The summed E-state index contributed by atoms with van der Waals surface area (Å²) < 4.78 is 5.19. The molecule has 1 N–H and O–H groups in total. The molecule has 0 bridgehead atoms. The van der Waals surface area contributed by atoms with Crippen LogP contribution in [0.25, 0.3) is 0 Å². The molecule has 1 aromatic carbocycles. The van der Waals surface area contributed by atoms with Crippen molar-refractivity contribution in [2.75, 3.05) is 25.0 Å². The summed E-state index contributed by atoms with van der Waals surface area (Å²) in [5.41, 5.74) is 4.23. The van der Waals surface area contributed by atoms with Crippen molar-refractivity contribution in [2.24, 2.45) is 5.92 Å². The Labute approximate surface area is 145 Å². The number of ether oxygens (including phenoxy) is 1. The van der Waals surface area contributed by atoms with Gasteiger partial charge in [0.05, 0.1) is 12.5 Å². The number of fused-ring (bicyclic) bond motifs is 1. The molecule has 0 unspecified atom stereocenters. The zero-order chi connectivity index (χ0) is 16.9. The van der Waals surface area contributed by atoms with Gasteiger partial charge in [0.2, 0.25) is 0 Å². The van der Waals surface area contributed by atoms with E-state index < -0.39 is 0 Å². The van der Waals surface area contributed by atoms with Crippen LogP contribution in [0.2, 0.25) is 0 Å². The fourth-order valence-corrected chi connectivity index (χ4v) is 4.20. The van der Waals surface area contributed by atoms with Crippen LogP contribution in [0, 0.1) is 5.92 Å². The maximum Gasteiger partial charge on any atom is 0.308 e. The van der Waals surface area contributed by atoms with Gasteiger partial charge in [0.1, 0.15) is 0 Å². The van der Waals surface area contributed by atoms with Crippen LogP contribution in [0.1, 0.15) is 50.7 Å². The van der Waals surface area contributed by atoms with E-state index in [0.29, 0.717) is 12.6 Å². The van der Waals surface area contributed by atoms with E-state index in [2.05, 4.69) is 35.3 Å². The summed E-state index contributed by atoms with van der Waals surface area (Å²) in [4.78, 5) is 14.5. The highest BCUT2D eigenvalue weighted by Crippen LogP contribution is 2.32. The lowest BCUT2D eigenvalue weighted by molar-refractivity contribution is -0.149. The van der Waals surface area contributed by atoms with Gasteiger partial charge in [0.25, 0.3) is 0 Å². The lowest BCUT2D eigenvalue weighted by Crippen LogP contribution is -2.39. The number of nitrogens with zero attached hydrogens (tertiary/aromatic N) is 1. The summed E-state index contributed by atoms with van der Waals surface area (Å²) in [6, 6.07) is 7.26. The number of carbonyl (C=O) groups is 1. The van der Waals surface area contributed by atoms with E-state index >= 15 is 0 Å². The molecule has 0 atom stereocenters. The van der Waals surface area contributed by atoms with Gasteiger partial charge in [-0.05, 0) is 56.7 Å². The normalized spacial score (nSPS) is 23.0. The Kier molecular flexibility index (Phi) is 5.77. The molecule has 4 heteroatoms. The van der Waals surface area contributed by atoms with Crippen LogP contribution in [0.15, 0.2) is 18.2 Å². The lowest BCUT2D eigenvalue weighted by atomic mass is 9.85. The SMILES string of the molecule is CCOC(=O)C1CCC(N(CC)Cc2cccc3c2NCC3)CC1. The number of anilines is 1. The van der Waals surface area contributed by atoms with Crippen molar-refractivity contribution in [3.8, 4) is 0 Å². The standard InChI is InChI=1S/C20H30N2O2/c1-3-22(14-17-7-5-6-15-12-13-21-19(15)17)18-10-8-16(9-11-18)20(23)24-4-2/h5-7,16,18,21H,3-4,8-14H2,1-2H3. The number of esters is 1. The fourth-order valence-electron chi connectivity index (χ4n) is 4.20. The third kappa shape index (κ3) is 3.75. The molecule has 1 aliphatic heterocycles. The van der Waals surface area contributed by atoms with Crippen LogP contribution in [0.4, 0.5) is 5.69 Å². The molecule has 0 radical (unpaired) electrons. The highest BCUT2D eigenvalue weighted by atomic mass is 16.5. The molecule has 132 valence electrons. The summed E-state index contributed by atoms with van der Waals surface area (Å²) in [5.74, 6) is 0.117. The quantitative estimate of drug-likeness (QED) is 0.809. The molecule has 1 saturated carbocycles. The number of hydrogen-bond donors (Lipinski definition) is 1. The zero-order valence-corrected chi connectivity index (χ0v) is 15.0. The monoisotopic (exact) mass is 330 g/mol. The summed E-state index contributed by atoms with van der Waals surface area (Å²) in [6.07, 6.45) is 5.26.